The largest absolute Gasteiger partial charge is 0.490 e. The molecule has 40 heavy (non-hydrogen) atoms. The van der Waals surface area contributed by atoms with Crippen molar-refractivity contribution in [3.63, 3.8) is 0 Å². The molecule has 4 aromatic rings. The Hall–Kier alpha value is -4.31. The van der Waals surface area contributed by atoms with Crippen molar-refractivity contribution in [1.82, 2.24) is 19.9 Å². The van der Waals surface area contributed by atoms with E-state index in [2.05, 4.69) is 20.3 Å². The third-order valence-electron chi connectivity index (χ3n) is 4.70. The lowest BCUT2D eigenvalue weighted by molar-refractivity contribution is -0.192. The number of fused-ring (bicyclic) bond motifs is 1. The molecule has 212 valence electrons. The third-order valence-corrected chi connectivity index (χ3v) is 5.63. The number of benzene rings is 2. The number of halogens is 6. The Morgan fingerprint density at radius 2 is 1.68 bits per heavy atom. The van der Waals surface area contributed by atoms with Crippen molar-refractivity contribution in [3.05, 3.63) is 60.4 Å². The first kappa shape index (κ1) is 30.2. The minimum atomic E-state index is -5.08. The van der Waals surface area contributed by atoms with Crippen molar-refractivity contribution in [3.8, 4) is 22.9 Å². The van der Waals surface area contributed by atoms with E-state index in [1.165, 1.54) is 35.9 Å². The van der Waals surface area contributed by atoms with Crippen LogP contribution in [0.4, 0.5) is 31.5 Å². The lowest BCUT2D eigenvalue weighted by Gasteiger charge is -2.09. The topological polar surface area (TPSA) is 118 Å². The summed E-state index contributed by atoms with van der Waals surface area (Å²) < 4.78 is 76.9. The zero-order valence-corrected chi connectivity index (χ0v) is 21.4. The number of ether oxygens (including phenoxy) is 1. The molecule has 0 spiro atoms. The molecule has 0 unspecified atom stereocenters. The zero-order valence-electron chi connectivity index (χ0n) is 20.5. The Balaban J connectivity index is 0.000000559. The van der Waals surface area contributed by atoms with E-state index in [9.17, 15) is 31.1 Å². The van der Waals surface area contributed by atoms with Gasteiger partial charge >= 0.3 is 18.3 Å². The Bertz CT molecular complexity index is 1490. The van der Waals surface area contributed by atoms with Gasteiger partial charge in [-0.15, -0.1) is 0 Å². The molecule has 2 N–H and O–H groups in total. The second kappa shape index (κ2) is 12.3. The fraction of sp³-hybridized carbons (Fsp3) is 0.208. The van der Waals surface area contributed by atoms with Crippen molar-refractivity contribution in [2.45, 2.75) is 12.4 Å². The average Bonchev–Trinajstić information content (AvgIpc) is 3.26. The smallest absolute Gasteiger partial charge is 0.475 e. The van der Waals surface area contributed by atoms with Crippen molar-refractivity contribution < 1.29 is 45.8 Å². The number of carboxylic acid groups (broad SMARTS) is 1. The van der Waals surface area contributed by atoms with Crippen LogP contribution in [0.2, 0.25) is 0 Å². The maximum Gasteiger partial charge on any atom is 0.490 e. The number of amides is 1. The van der Waals surface area contributed by atoms with Crippen molar-refractivity contribution in [2.75, 3.05) is 26.0 Å². The molecule has 0 aliphatic carbocycles. The highest BCUT2D eigenvalue weighted by molar-refractivity contribution is 7.22. The Labute approximate surface area is 226 Å². The van der Waals surface area contributed by atoms with Crippen LogP contribution in [0.25, 0.3) is 21.5 Å². The van der Waals surface area contributed by atoms with E-state index >= 15 is 0 Å². The number of aliphatic carboxylic acids is 1. The molecule has 0 aliphatic heterocycles. The van der Waals surface area contributed by atoms with E-state index in [0.717, 1.165) is 16.8 Å². The number of thiazole rings is 1. The molecule has 0 atom stereocenters. The first-order chi connectivity index (χ1) is 18.6. The number of nitrogens with one attached hydrogen (secondary N) is 1. The van der Waals surface area contributed by atoms with Gasteiger partial charge in [0.2, 0.25) is 11.8 Å². The third kappa shape index (κ3) is 8.34. The normalized spacial score (nSPS) is 11.6. The van der Waals surface area contributed by atoms with Gasteiger partial charge in [0.25, 0.3) is 0 Å². The van der Waals surface area contributed by atoms with Gasteiger partial charge in [0.05, 0.1) is 22.5 Å². The molecule has 2 aromatic heterocycles. The minimum Gasteiger partial charge on any atom is -0.475 e. The molecule has 0 fully saturated rings. The van der Waals surface area contributed by atoms with Crippen LogP contribution in [0.5, 0.6) is 11.6 Å². The zero-order chi connectivity index (χ0) is 29.7. The maximum absolute atomic E-state index is 12.8. The number of aromatic nitrogens is 3. The quantitative estimate of drug-likeness (QED) is 0.276. The van der Waals surface area contributed by atoms with Gasteiger partial charge in [-0.3, -0.25) is 4.79 Å². The molecular weight excluding hydrogens is 568 g/mol. The predicted octanol–water partition coefficient (Wildman–Crippen LogP) is 5.70. The molecule has 9 nitrogen and oxygen atoms in total. The van der Waals surface area contributed by atoms with Gasteiger partial charge in [0.15, 0.2) is 10.9 Å². The number of hydrogen-bond acceptors (Lipinski definition) is 8. The number of carbonyl (C=O) groups excluding carboxylic acids is 1. The number of likely N-dealkylation sites (N-methyl/N-ethyl adjacent to an activating group) is 1. The van der Waals surface area contributed by atoms with E-state index in [4.69, 9.17) is 14.6 Å². The first-order valence-electron chi connectivity index (χ1n) is 11.0. The Morgan fingerprint density at radius 3 is 2.25 bits per heavy atom. The van der Waals surface area contributed by atoms with Crippen molar-refractivity contribution in [2.24, 2.45) is 0 Å². The molecule has 0 radical (unpaired) electrons. The summed E-state index contributed by atoms with van der Waals surface area (Å²) in [6, 6.07) is 11.6. The highest BCUT2D eigenvalue weighted by atomic mass is 32.1. The number of carboxylic acids is 1. The van der Waals surface area contributed by atoms with E-state index in [-0.39, 0.29) is 18.3 Å². The summed E-state index contributed by atoms with van der Waals surface area (Å²) >= 11 is 1.31. The molecule has 0 saturated heterocycles. The van der Waals surface area contributed by atoms with Gasteiger partial charge in [0.1, 0.15) is 11.8 Å². The molecule has 2 heterocycles. The van der Waals surface area contributed by atoms with Crippen LogP contribution in [-0.2, 0) is 15.8 Å². The summed E-state index contributed by atoms with van der Waals surface area (Å²) in [4.78, 5) is 35.4. The minimum absolute atomic E-state index is 0.182. The van der Waals surface area contributed by atoms with Crippen LogP contribution < -0.4 is 10.1 Å². The van der Waals surface area contributed by atoms with E-state index in [1.54, 1.807) is 31.1 Å². The molecule has 2 aromatic carbocycles. The van der Waals surface area contributed by atoms with Crippen molar-refractivity contribution >= 4 is 38.6 Å². The number of hydrogen-bond donors (Lipinski definition) is 2. The summed E-state index contributed by atoms with van der Waals surface area (Å²) in [7, 11) is 3.59. The summed E-state index contributed by atoms with van der Waals surface area (Å²) in [5.41, 5.74) is 0.724. The molecule has 0 saturated carbocycles. The highest BCUT2D eigenvalue weighted by Gasteiger charge is 2.38. The molecule has 16 heteroatoms. The monoisotopic (exact) mass is 587 g/mol. The number of para-hydroxylation sites is 1. The van der Waals surface area contributed by atoms with Gasteiger partial charge < -0.3 is 20.1 Å². The summed E-state index contributed by atoms with van der Waals surface area (Å²) in [5, 5.41) is 10.3. The maximum atomic E-state index is 12.8. The van der Waals surface area contributed by atoms with Crippen LogP contribution in [0.15, 0.2) is 54.9 Å². The Morgan fingerprint density at radius 1 is 1.02 bits per heavy atom. The first-order valence-corrected chi connectivity index (χ1v) is 11.8. The number of rotatable bonds is 6. The standard InChI is InChI=1S/C22H18F3N5O2S.C2HF3O2/c1-30(2)11-18(31)28-21-29-20-16(4-3-5-17(20)33-21)32-19-10-15(26-12-27-19)13-6-8-14(9-7-13)22(23,24)25;3-2(4,5)1(6)7/h3-10,12H,11H2,1-2H3,(H,28,29,31);(H,6,7). The van der Waals surface area contributed by atoms with Crippen molar-refractivity contribution in [1.29, 1.82) is 0 Å². The number of anilines is 1. The van der Waals surface area contributed by atoms with Gasteiger partial charge in [-0.2, -0.15) is 26.3 Å². The van der Waals surface area contributed by atoms with E-state index < -0.39 is 23.9 Å². The SMILES string of the molecule is CN(C)CC(=O)Nc1nc2c(Oc3cc(-c4ccc(C(F)(F)F)cc4)ncn3)cccc2s1.O=C(O)C(F)(F)F. The average molecular weight is 588 g/mol. The second-order valence-electron chi connectivity index (χ2n) is 8.13. The van der Waals surface area contributed by atoms with Crippen LogP contribution in [0.1, 0.15) is 5.56 Å². The fourth-order valence-electron chi connectivity index (χ4n) is 3.00. The molecule has 0 bridgehead atoms. The van der Waals surface area contributed by atoms with Gasteiger partial charge in [0, 0.05) is 11.6 Å². The number of nitrogens with zero attached hydrogens (tertiary/aromatic N) is 4. The van der Waals surface area contributed by atoms with Gasteiger partial charge in [-0.1, -0.05) is 29.5 Å². The van der Waals surface area contributed by atoms with Gasteiger partial charge in [-0.25, -0.2) is 19.7 Å². The van der Waals surface area contributed by atoms with Gasteiger partial charge in [-0.05, 0) is 38.4 Å². The molecule has 1 amide bonds. The molecule has 4 rings (SSSR count). The lowest BCUT2D eigenvalue weighted by atomic mass is 10.1. The predicted molar refractivity (Wildman–Crippen MR) is 133 cm³/mol. The van der Waals surface area contributed by atoms with Crippen LogP contribution >= 0.6 is 11.3 Å². The summed E-state index contributed by atoms with van der Waals surface area (Å²) in [5.74, 6) is -2.31. The summed E-state index contributed by atoms with van der Waals surface area (Å²) in [6.07, 6.45) is -8.22. The highest BCUT2D eigenvalue weighted by Crippen LogP contribution is 2.35. The van der Waals surface area contributed by atoms with E-state index in [1.807, 2.05) is 6.07 Å². The fourth-order valence-corrected chi connectivity index (χ4v) is 3.90. The van der Waals surface area contributed by atoms with Crippen LogP contribution in [-0.4, -0.2) is 63.7 Å². The number of alkyl halides is 6. The lowest BCUT2D eigenvalue weighted by Crippen LogP contribution is -2.26. The number of carbonyl (C=O) groups is 2. The molecular formula is C24H19F6N5O4S. The summed E-state index contributed by atoms with van der Waals surface area (Å²) in [6.45, 7) is 0.229. The molecule has 0 aliphatic rings. The Kier molecular flexibility index (Phi) is 9.26. The van der Waals surface area contributed by atoms with E-state index in [0.29, 0.717) is 27.7 Å². The van der Waals surface area contributed by atoms with Crippen LogP contribution in [0.3, 0.4) is 0 Å². The second-order valence-corrected chi connectivity index (χ2v) is 9.16. The van der Waals surface area contributed by atoms with Crippen LogP contribution in [0, 0.1) is 0 Å².